The van der Waals surface area contributed by atoms with E-state index in [1.807, 2.05) is 13.8 Å². The van der Waals surface area contributed by atoms with Crippen molar-refractivity contribution in [1.82, 2.24) is 0 Å². The van der Waals surface area contributed by atoms with E-state index in [4.69, 9.17) is 17.0 Å². The molecule has 0 aromatic carbocycles. The molecule has 2 fully saturated rings. The molecule has 4 atom stereocenters. The fourth-order valence-corrected chi connectivity index (χ4v) is 5.02. The minimum atomic E-state index is -1.00. The highest BCUT2D eigenvalue weighted by Gasteiger charge is 2.94. The molecule has 0 amide bonds. The zero-order valence-electron chi connectivity index (χ0n) is 8.94. The summed E-state index contributed by atoms with van der Waals surface area (Å²) in [6.07, 6.45) is 0. The van der Waals surface area contributed by atoms with Crippen LogP contribution in [0.25, 0.3) is 0 Å². The van der Waals surface area contributed by atoms with E-state index in [2.05, 4.69) is 0 Å². The van der Waals surface area contributed by atoms with E-state index in [9.17, 15) is 9.90 Å². The maximum absolute atomic E-state index is 11.8. The van der Waals surface area contributed by atoms with E-state index >= 15 is 0 Å². The van der Waals surface area contributed by atoms with Gasteiger partial charge in [0.2, 0.25) is 0 Å². The molecule has 5 heteroatoms. The van der Waals surface area contributed by atoms with Gasteiger partial charge in [0.15, 0.2) is 4.75 Å². The third kappa shape index (κ3) is 0.929. The van der Waals surface area contributed by atoms with Crippen LogP contribution in [0.4, 0.5) is 0 Å². The minimum absolute atomic E-state index is 0.0850. The van der Waals surface area contributed by atoms with Crippen LogP contribution < -0.4 is 0 Å². The molecule has 0 bridgehead atoms. The second-order valence-corrected chi connectivity index (χ2v) is 6.20. The zero-order chi connectivity index (χ0) is 11.5. The molecule has 0 spiro atoms. The lowest BCUT2D eigenvalue weighted by molar-refractivity contribution is -0.145. The number of thioether (sulfide) groups is 1. The molecule has 3 unspecified atom stereocenters. The van der Waals surface area contributed by atoms with Crippen LogP contribution in [0.2, 0.25) is 0 Å². The second-order valence-electron chi connectivity index (χ2n) is 4.27. The SMILES string of the molecule is CCOC(=O)C12SC(C)(C=S)[C@@]1(O)C2C. The first-order valence-corrected chi connectivity index (χ1v) is 6.25. The summed E-state index contributed by atoms with van der Waals surface area (Å²) in [5.41, 5.74) is -1.00. The number of hydrogen-bond acceptors (Lipinski definition) is 5. The third-order valence-corrected chi connectivity index (χ3v) is 6.28. The van der Waals surface area contributed by atoms with Crippen LogP contribution in [0.1, 0.15) is 20.8 Å². The fraction of sp³-hybridized carbons (Fsp3) is 0.800. The van der Waals surface area contributed by atoms with Crippen molar-refractivity contribution >= 4 is 35.3 Å². The number of thiocarbonyl (C=S) groups is 1. The van der Waals surface area contributed by atoms with E-state index in [0.717, 1.165) is 0 Å². The van der Waals surface area contributed by atoms with Gasteiger partial charge in [-0.1, -0.05) is 19.1 Å². The average Bonchev–Trinajstić information content (AvgIpc) is 2.62. The van der Waals surface area contributed by atoms with Gasteiger partial charge in [-0.3, -0.25) is 4.79 Å². The molecule has 84 valence electrons. The molecule has 1 saturated carbocycles. The summed E-state index contributed by atoms with van der Waals surface area (Å²) >= 11 is 6.33. The number of hydrogen-bond donors (Lipinski definition) is 1. The van der Waals surface area contributed by atoms with Gasteiger partial charge >= 0.3 is 5.97 Å². The van der Waals surface area contributed by atoms with Crippen LogP contribution in [0.3, 0.4) is 0 Å². The summed E-state index contributed by atoms with van der Waals surface area (Å²) in [4.78, 5) is 11.8. The number of rotatable bonds is 3. The molecule has 1 N–H and O–H groups in total. The summed E-state index contributed by atoms with van der Waals surface area (Å²) in [6.45, 7) is 5.85. The highest BCUT2D eigenvalue weighted by atomic mass is 32.2. The predicted molar refractivity (Wildman–Crippen MR) is 63.1 cm³/mol. The molecule has 0 aromatic rings. The van der Waals surface area contributed by atoms with Gasteiger partial charge in [0.25, 0.3) is 0 Å². The first-order valence-electron chi connectivity index (χ1n) is 4.96. The van der Waals surface area contributed by atoms with Gasteiger partial charge in [-0.25, -0.2) is 0 Å². The number of carbonyl (C=O) groups excluding carboxylic acids is 1. The summed E-state index contributed by atoms with van der Waals surface area (Å²) < 4.78 is 3.75. The Labute approximate surface area is 98.6 Å². The summed E-state index contributed by atoms with van der Waals surface area (Å²) in [5, 5.41) is 12.0. The smallest absolute Gasteiger partial charge is 0.325 e. The van der Waals surface area contributed by atoms with Crippen LogP contribution in [-0.2, 0) is 9.53 Å². The van der Waals surface area contributed by atoms with E-state index in [1.54, 1.807) is 12.3 Å². The Kier molecular flexibility index (Phi) is 2.24. The summed E-state index contributed by atoms with van der Waals surface area (Å²) in [7, 11) is 0. The van der Waals surface area contributed by atoms with Gasteiger partial charge in [0, 0.05) is 5.92 Å². The van der Waals surface area contributed by atoms with Crippen molar-refractivity contribution in [3.63, 3.8) is 0 Å². The van der Waals surface area contributed by atoms with E-state index in [-0.39, 0.29) is 11.9 Å². The molecule has 0 aromatic heterocycles. The van der Waals surface area contributed by atoms with Crippen LogP contribution in [0, 0.1) is 5.92 Å². The molecule has 3 nitrogen and oxygen atoms in total. The lowest BCUT2D eigenvalue weighted by Crippen LogP contribution is -2.59. The van der Waals surface area contributed by atoms with Crippen molar-refractivity contribution in [2.24, 2.45) is 5.92 Å². The topological polar surface area (TPSA) is 46.5 Å². The van der Waals surface area contributed by atoms with Crippen molar-refractivity contribution < 1.29 is 14.6 Å². The van der Waals surface area contributed by atoms with Gasteiger partial charge in [0.05, 0.1) is 11.4 Å². The Morgan fingerprint density at radius 1 is 1.73 bits per heavy atom. The quantitative estimate of drug-likeness (QED) is 0.598. The van der Waals surface area contributed by atoms with Crippen molar-refractivity contribution in [1.29, 1.82) is 0 Å². The standard InChI is InChI=1S/C10H14O3S2/c1-4-13-7(11)9-6(2)10(9,12)8(3,5-14)15-9/h5-6,12H,4H2,1-3H3/t6?,8?,9?,10-/m0/s1. The Morgan fingerprint density at radius 3 is 2.73 bits per heavy atom. The third-order valence-electron chi connectivity index (χ3n) is 3.65. The number of fused-ring (bicyclic) bond motifs is 1. The molecule has 1 saturated heterocycles. The van der Waals surface area contributed by atoms with Crippen molar-refractivity contribution in [3.8, 4) is 0 Å². The predicted octanol–water partition coefficient (Wildman–Crippen LogP) is 1.17. The van der Waals surface area contributed by atoms with Gasteiger partial charge < -0.3 is 9.84 Å². The lowest BCUT2D eigenvalue weighted by atomic mass is 9.98. The first-order chi connectivity index (χ1) is 6.90. The lowest BCUT2D eigenvalue weighted by Gasteiger charge is -2.44. The number of aliphatic hydroxyl groups is 1. The maximum atomic E-state index is 11.8. The monoisotopic (exact) mass is 246 g/mol. The van der Waals surface area contributed by atoms with E-state index in [1.165, 1.54) is 11.8 Å². The van der Waals surface area contributed by atoms with Gasteiger partial charge in [-0.15, -0.1) is 11.8 Å². The average molecular weight is 246 g/mol. The van der Waals surface area contributed by atoms with Crippen LogP contribution >= 0.6 is 24.0 Å². The number of ether oxygens (including phenoxy) is 1. The summed E-state index contributed by atoms with van der Waals surface area (Å²) in [5.74, 6) is -0.391. The molecule has 15 heavy (non-hydrogen) atoms. The molecule has 2 aliphatic rings. The molecular formula is C10H14O3S2. The van der Waals surface area contributed by atoms with Crippen LogP contribution in [0.15, 0.2) is 0 Å². The first kappa shape index (κ1) is 11.4. The Hall–Kier alpha value is -0.130. The Morgan fingerprint density at radius 2 is 2.33 bits per heavy atom. The van der Waals surface area contributed by atoms with E-state index < -0.39 is 15.1 Å². The highest BCUT2D eigenvalue weighted by Crippen LogP contribution is 2.81. The van der Waals surface area contributed by atoms with Crippen molar-refractivity contribution in [3.05, 3.63) is 0 Å². The molecule has 1 heterocycles. The molecule has 1 aliphatic heterocycles. The Balaban J connectivity index is 2.25. The van der Waals surface area contributed by atoms with Gasteiger partial charge in [-0.2, -0.15) is 0 Å². The molecule has 1 aliphatic carbocycles. The largest absolute Gasteiger partial charge is 0.465 e. The van der Waals surface area contributed by atoms with Crippen molar-refractivity contribution in [2.45, 2.75) is 35.9 Å². The van der Waals surface area contributed by atoms with Gasteiger partial charge in [-0.05, 0) is 19.2 Å². The van der Waals surface area contributed by atoms with Crippen molar-refractivity contribution in [2.75, 3.05) is 6.61 Å². The second kappa shape index (κ2) is 2.96. The fourth-order valence-electron chi connectivity index (χ4n) is 2.67. The maximum Gasteiger partial charge on any atom is 0.325 e. The molecule has 2 rings (SSSR count). The number of esters is 1. The van der Waals surface area contributed by atoms with Crippen LogP contribution in [0.5, 0.6) is 0 Å². The van der Waals surface area contributed by atoms with Crippen LogP contribution in [-0.4, -0.2) is 38.1 Å². The zero-order valence-corrected chi connectivity index (χ0v) is 10.6. The molecule has 0 radical (unpaired) electrons. The minimum Gasteiger partial charge on any atom is -0.465 e. The summed E-state index contributed by atoms with van der Waals surface area (Å²) in [6, 6.07) is 0. The Bertz CT molecular complexity index is 346. The normalized spacial score (nSPS) is 51.3. The molecular weight excluding hydrogens is 232 g/mol. The highest BCUT2D eigenvalue weighted by molar-refractivity contribution is 8.06. The van der Waals surface area contributed by atoms with E-state index in [0.29, 0.717) is 6.61 Å². The number of carbonyl (C=O) groups is 1. The van der Waals surface area contributed by atoms with Gasteiger partial charge in [0.1, 0.15) is 5.60 Å².